The highest BCUT2D eigenvalue weighted by atomic mass is 19.2. The van der Waals surface area contributed by atoms with Crippen molar-refractivity contribution in [3.63, 3.8) is 0 Å². The van der Waals surface area contributed by atoms with Crippen molar-refractivity contribution in [1.82, 2.24) is 14.6 Å². The lowest BCUT2D eigenvalue weighted by Crippen LogP contribution is -2.13. The summed E-state index contributed by atoms with van der Waals surface area (Å²) in [5, 5.41) is 6.80. The van der Waals surface area contributed by atoms with Crippen LogP contribution in [0.1, 0.15) is 10.5 Å². The highest BCUT2D eigenvalue weighted by Crippen LogP contribution is 2.20. The second-order valence-electron chi connectivity index (χ2n) is 5.58. The Hall–Kier alpha value is -3.61. The van der Waals surface area contributed by atoms with Crippen molar-refractivity contribution in [3.8, 4) is 11.3 Å². The van der Waals surface area contributed by atoms with Crippen LogP contribution in [0.4, 0.5) is 14.5 Å². The predicted molar refractivity (Wildman–Crippen MR) is 92.7 cm³/mol. The zero-order chi connectivity index (χ0) is 18.1. The van der Waals surface area contributed by atoms with Crippen LogP contribution < -0.4 is 5.32 Å². The molecule has 0 aliphatic heterocycles. The third-order valence-electron chi connectivity index (χ3n) is 3.84. The zero-order valence-corrected chi connectivity index (χ0v) is 13.4. The lowest BCUT2D eigenvalue weighted by atomic mass is 10.1. The molecule has 26 heavy (non-hydrogen) atoms. The van der Waals surface area contributed by atoms with Gasteiger partial charge in [-0.25, -0.2) is 18.3 Å². The second-order valence-corrected chi connectivity index (χ2v) is 5.58. The normalized spacial score (nSPS) is 10.8. The SMILES string of the molecule is O=C(Nc1ccc(F)c(F)c1)c1cc2nccc(-c3ccccc3)n2n1. The minimum absolute atomic E-state index is 0.116. The summed E-state index contributed by atoms with van der Waals surface area (Å²) in [4.78, 5) is 16.6. The van der Waals surface area contributed by atoms with E-state index in [4.69, 9.17) is 0 Å². The van der Waals surface area contributed by atoms with E-state index in [0.717, 1.165) is 23.4 Å². The van der Waals surface area contributed by atoms with E-state index in [1.807, 2.05) is 30.3 Å². The fourth-order valence-electron chi connectivity index (χ4n) is 2.60. The minimum atomic E-state index is -1.04. The summed E-state index contributed by atoms with van der Waals surface area (Å²) in [6.45, 7) is 0. The monoisotopic (exact) mass is 350 g/mol. The summed E-state index contributed by atoms with van der Waals surface area (Å²) in [7, 11) is 0. The molecule has 0 radical (unpaired) electrons. The van der Waals surface area contributed by atoms with Crippen molar-refractivity contribution in [1.29, 1.82) is 0 Å². The van der Waals surface area contributed by atoms with Crippen LogP contribution in [0.5, 0.6) is 0 Å². The zero-order valence-electron chi connectivity index (χ0n) is 13.4. The Labute approximate surface area is 146 Å². The minimum Gasteiger partial charge on any atom is -0.320 e. The molecule has 128 valence electrons. The van der Waals surface area contributed by atoms with Crippen molar-refractivity contribution in [2.24, 2.45) is 0 Å². The van der Waals surface area contributed by atoms with Gasteiger partial charge < -0.3 is 5.32 Å². The summed E-state index contributed by atoms with van der Waals surface area (Å²) in [6, 6.07) is 16.0. The highest BCUT2D eigenvalue weighted by Gasteiger charge is 2.15. The molecule has 2 aromatic heterocycles. The topological polar surface area (TPSA) is 59.3 Å². The molecule has 7 heteroatoms. The first-order valence-corrected chi connectivity index (χ1v) is 7.78. The summed E-state index contributed by atoms with van der Waals surface area (Å²) in [5.74, 6) is -2.56. The van der Waals surface area contributed by atoms with E-state index < -0.39 is 17.5 Å². The fourth-order valence-corrected chi connectivity index (χ4v) is 2.60. The number of fused-ring (bicyclic) bond motifs is 1. The number of rotatable bonds is 3. The molecule has 0 unspecified atom stereocenters. The van der Waals surface area contributed by atoms with Crippen LogP contribution in [0.2, 0.25) is 0 Å². The fraction of sp³-hybridized carbons (Fsp3) is 0. The molecule has 4 rings (SSSR count). The number of halogens is 2. The van der Waals surface area contributed by atoms with Crippen LogP contribution in [-0.4, -0.2) is 20.5 Å². The van der Waals surface area contributed by atoms with Crippen LogP contribution in [0.25, 0.3) is 16.9 Å². The predicted octanol–water partition coefficient (Wildman–Crippen LogP) is 3.93. The molecule has 0 spiro atoms. The molecular formula is C19H12F2N4O. The third-order valence-corrected chi connectivity index (χ3v) is 3.84. The van der Waals surface area contributed by atoms with E-state index >= 15 is 0 Å². The molecule has 0 aliphatic carbocycles. The van der Waals surface area contributed by atoms with E-state index in [1.54, 1.807) is 16.8 Å². The van der Waals surface area contributed by atoms with Crippen LogP contribution in [-0.2, 0) is 0 Å². The van der Waals surface area contributed by atoms with Gasteiger partial charge in [0.25, 0.3) is 5.91 Å². The number of anilines is 1. The molecule has 0 bridgehead atoms. The quantitative estimate of drug-likeness (QED) is 0.609. The summed E-state index contributed by atoms with van der Waals surface area (Å²) >= 11 is 0. The molecule has 4 aromatic rings. The number of carbonyl (C=O) groups excluding carboxylic acids is 1. The van der Waals surface area contributed by atoms with E-state index in [2.05, 4.69) is 15.4 Å². The Morgan fingerprint density at radius 3 is 2.54 bits per heavy atom. The van der Waals surface area contributed by atoms with Gasteiger partial charge >= 0.3 is 0 Å². The molecule has 0 saturated carbocycles. The van der Waals surface area contributed by atoms with E-state index in [0.29, 0.717) is 5.65 Å². The Morgan fingerprint density at radius 2 is 1.77 bits per heavy atom. The van der Waals surface area contributed by atoms with Crippen molar-refractivity contribution in [2.75, 3.05) is 5.32 Å². The number of benzene rings is 2. The molecule has 0 saturated heterocycles. The lowest BCUT2D eigenvalue weighted by molar-refractivity contribution is 0.102. The van der Waals surface area contributed by atoms with Crippen molar-refractivity contribution < 1.29 is 13.6 Å². The van der Waals surface area contributed by atoms with Crippen molar-refractivity contribution in [2.45, 2.75) is 0 Å². The lowest BCUT2D eigenvalue weighted by Gasteiger charge is -2.04. The molecular weight excluding hydrogens is 338 g/mol. The van der Waals surface area contributed by atoms with Crippen LogP contribution in [0.15, 0.2) is 66.9 Å². The largest absolute Gasteiger partial charge is 0.320 e. The number of amides is 1. The van der Waals surface area contributed by atoms with Crippen LogP contribution >= 0.6 is 0 Å². The van der Waals surface area contributed by atoms with Gasteiger partial charge in [-0.2, -0.15) is 5.10 Å². The molecule has 1 amide bonds. The smallest absolute Gasteiger partial charge is 0.276 e. The number of nitrogens with zero attached hydrogens (tertiary/aromatic N) is 3. The van der Waals surface area contributed by atoms with Crippen molar-refractivity contribution in [3.05, 3.63) is 84.2 Å². The van der Waals surface area contributed by atoms with Gasteiger partial charge in [-0.15, -0.1) is 0 Å². The van der Waals surface area contributed by atoms with Gasteiger partial charge in [-0.05, 0) is 18.2 Å². The number of hydrogen-bond acceptors (Lipinski definition) is 3. The molecule has 5 nitrogen and oxygen atoms in total. The van der Waals surface area contributed by atoms with Gasteiger partial charge in [0.15, 0.2) is 23.0 Å². The Morgan fingerprint density at radius 1 is 0.962 bits per heavy atom. The van der Waals surface area contributed by atoms with E-state index in [9.17, 15) is 13.6 Å². The number of aromatic nitrogens is 3. The van der Waals surface area contributed by atoms with Gasteiger partial charge in [0.05, 0.1) is 5.69 Å². The van der Waals surface area contributed by atoms with E-state index in [1.165, 1.54) is 12.1 Å². The third kappa shape index (κ3) is 2.90. The highest BCUT2D eigenvalue weighted by molar-refractivity contribution is 6.03. The van der Waals surface area contributed by atoms with Gasteiger partial charge in [0.1, 0.15) is 0 Å². The average Bonchev–Trinajstić information content (AvgIpc) is 3.10. The Kier molecular flexibility index (Phi) is 3.89. The van der Waals surface area contributed by atoms with E-state index in [-0.39, 0.29) is 11.4 Å². The van der Waals surface area contributed by atoms with Gasteiger partial charge in [0, 0.05) is 29.6 Å². The van der Waals surface area contributed by atoms with Crippen LogP contribution in [0.3, 0.4) is 0 Å². The first-order chi connectivity index (χ1) is 12.6. The maximum atomic E-state index is 13.3. The van der Waals surface area contributed by atoms with Crippen LogP contribution in [0, 0.1) is 11.6 Å². The molecule has 2 aromatic carbocycles. The molecule has 0 fully saturated rings. The summed E-state index contributed by atoms with van der Waals surface area (Å²) < 4.78 is 27.8. The molecule has 0 atom stereocenters. The van der Waals surface area contributed by atoms with Gasteiger partial charge in [-0.1, -0.05) is 30.3 Å². The Bertz CT molecular complexity index is 1110. The summed E-state index contributed by atoms with van der Waals surface area (Å²) in [5.41, 5.74) is 2.47. The van der Waals surface area contributed by atoms with Gasteiger partial charge in [-0.3, -0.25) is 4.79 Å². The first kappa shape index (κ1) is 15.9. The number of nitrogens with one attached hydrogen (secondary N) is 1. The van der Waals surface area contributed by atoms with Gasteiger partial charge in [0.2, 0.25) is 0 Å². The molecule has 1 N–H and O–H groups in total. The van der Waals surface area contributed by atoms with Crippen molar-refractivity contribution >= 4 is 17.2 Å². The second kappa shape index (κ2) is 6.36. The first-order valence-electron chi connectivity index (χ1n) is 7.78. The Balaban J connectivity index is 1.69. The summed E-state index contributed by atoms with van der Waals surface area (Å²) in [6.07, 6.45) is 1.64. The maximum absolute atomic E-state index is 13.3. The molecule has 0 aliphatic rings. The maximum Gasteiger partial charge on any atom is 0.276 e. The average molecular weight is 350 g/mol. The number of hydrogen-bond donors (Lipinski definition) is 1. The molecule has 2 heterocycles. The number of carbonyl (C=O) groups is 1. The standard InChI is InChI=1S/C19H12F2N4O/c20-14-7-6-13(10-15(14)21)23-19(26)16-11-18-22-9-8-17(25(18)24-16)12-4-2-1-3-5-12/h1-11H,(H,23,26).